The van der Waals surface area contributed by atoms with Gasteiger partial charge < -0.3 is 0 Å². The maximum absolute atomic E-state index is 7.50. The van der Waals surface area contributed by atoms with E-state index in [0.29, 0.717) is 0 Å². The van der Waals surface area contributed by atoms with Gasteiger partial charge in [0, 0.05) is 29.8 Å². The van der Waals surface area contributed by atoms with Crippen LogP contribution in [0.2, 0.25) is 0 Å². The first-order valence-corrected chi connectivity index (χ1v) is 3.28. The average Bonchev–Trinajstić information content (AvgIpc) is 2.50. The van der Waals surface area contributed by atoms with Crippen molar-refractivity contribution in [1.29, 1.82) is 0 Å². The predicted octanol–water partition coefficient (Wildman–Crippen LogP) is 1.20. The fourth-order valence-corrected chi connectivity index (χ4v) is 0.426. The number of pyridine rings is 1. The zero-order valence-corrected chi connectivity index (χ0v) is 10.5. The summed E-state index contributed by atoms with van der Waals surface area (Å²) in [7, 11) is 0. The van der Waals surface area contributed by atoms with Crippen molar-refractivity contribution >= 4 is 0 Å². The van der Waals surface area contributed by atoms with E-state index in [0.717, 1.165) is 0 Å². The Bertz CT molecular complexity index is 281. The van der Waals surface area contributed by atoms with Gasteiger partial charge in [-0.3, -0.25) is 4.98 Å². The van der Waals surface area contributed by atoms with Gasteiger partial charge in [0.2, 0.25) is 0 Å². The largest absolute Gasteiger partial charge is 0 e. The van der Waals surface area contributed by atoms with Crippen LogP contribution in [0.1, 0.15) is 5.56 Å². The molecule has 0 unspecified atom stereocenters. The number of rotatable bonds is 0. The number of nitrogens with zero attached hydrogens (tertiary/aromatic N) is 1. The maximum atomic E-state index is 7.50. The molecule has 0 N–H and O–H groups in total. The van der Waals surface area contributed by atoms with Crippen molar-refractivity contribution in [2.45, 2.75) is 6.92 Å². The van der Waals surface area contributed by atoms with Crippen molar-refractivity contribution in [1.82, 2.24) is 4.98 Å². The van der Waals surface area contributed by atoms with Crippen LogP contribution in [0, 0.1) is 40.2 Å². The average molecular weight is 285 g/mol. The van der Waals surface area contributed by atoms with Crippen LogP contribution in [0.5, 0.6) is 0 Å². The Labute approximate surface area is 116 Å². The van der Waals surface area contributed by atoms with Crippen LogP contribution in [0.15, 0.2) is 24.5 Å². The zero-order valence-electron chi connectivity index (χ0n) is 9.21. The van der Waals surface area contributed by atoms with E-state index in [1.54, 1.807) is 12.4 Å². The second-order valence-corrected chi connectivity index (χ2v) is 1.52. The number of aromatic nitrogens is 1. The van der Waals surface area contributed by atoms with Crippen molar-refractivity contribution in [2.24, 2.45) is 0 Å². The Kier molecular flexibility index (Phi) is 156. The zero-order chi connectivity index (χ0) is 15.1. The third-order valence-corrected chi connectivity index (χ3v) is 0.847. The van der Waals surface area contributed by atoms with E-state index in [-0.39, 0.29) is 17.4 Å². The summed E-state index contributed by atoms with van der Waals surface area (Å²) in [5.41, 5.74) is 1.26. The van der Waals surface area contributed by atoms with Gasteiger partial charge in [0.1, 0.15) is 0 Å². The second kappa shape index (κ2) is 78.1. The third kappa shape index (κ3) is 63.2. The second-order valence-electron chi connectivity index (χ2n) is 1.52. The fraction of sp³-hybridized carbons (Fsp3) is 0.0909. The predicted molar refractivity (Wildman–Crippen MR) is 48.6 cm³/mol. The van der Waals surface area contributed by atoms with Gasteiger partial charge in [-0.1, -0.05) is 0 Å². The molecule has 0 aliphatic carbocycles. The molecule has 0 radical (unpaired) electrons. The van der Waals surface area contributed by atoms with Crippen molar-refractivity contribution < 1.29 is 40.6 Å². The summed E-state index contributed by atoms with van der Waals surface area (Å²) in [6.45, 7) is 24.5. The van der Waals surface area contributed by atoms with Crippen LogP contribution in [-0.4, -0.2) is 4.98 Å². The Hall–Kier alpha value is -1.62. The maximum Gasteiger partial charge on any atom is 0 e. The van der Waals surface area contributed by atoms with Gasteiger partial charge in [-0.2, -0.15) is 0 Å². The number of aryl methyl sites for hydroxylation is 1. The Morgan fingerprint density at radius 1 is 0.722 bits per heavy atom. The van der Waals surface area contributed by atoms with E-state index in [1.807, 2.05) is 19.1 Å². The van der Waals surface area contributed by atoms with Gasteiger partial charge in [0.25, 0.3) is 0 Å². The Balaban J connectivity index is -0.0000000285. The molecule has 1 heterocycles. The van der Waals surface area contributed by atoms with Crippen LogP contribution < -0.4 is 0 Å². The first-order chi connectivity index (χ1) is 8.39. The summed E-state index contributed by atoms with van der Waals surface area (Å²) in [6.07, 6.45) is 3.57. The standard InChI is InChI=1S/C6H7N.5CO.Cr/c1-6-2-4-7-5-3-6;5*1-2;/h2-5H,1H3;;;;;;. The SMILES string of the molecule is Cc1ccncc1.[C-]#[O+].[C-]#[O+].[C-]#[O+].[C-]#[O+].[C-]#[O+].[Cr]. The van der Waals surface area contributed by atoms with Gasteiger partial charge >= 0.3 is 56.5 Å². The molecular weight excluding hydrogens is 278 g/mol. The van der Waals surface area contributed by atoms with Crippen LogP contribution in [0.4, 0.5) is 0 Å². The molecule has 0 bridgehead atoms. The summed E-state index contributed by atoms with van der Waals surface area (Å²) in [6, 6.07) is 3.94. The first kappa shape index (κ1) is 36.0. The van der Waals surface area contributed by atoms with Crippen molar-refractivity contribution in [3.8, 4) is 0 Å². The van der Waals surface area contributed by atoms with E-state index >= 15 is 0 Å². The van der Waals surface area contributed by atoms with E-state index in [2.05, 4.69) is 38.2 Å². The summed E-state index contributed by atoms with van der Waals surface area (Å²) < 4.78 is 37.5. The van der Waals surface area contributed by atoms with Gasteiger partial charge in [-0.15, -0.1) is 0 Å². The molecule has 0 fully saturated rings. The summed E-state index contributed by atoms with van der Waals surface area (Å²) in [4.78, 5) is 3.85. The summed E-state index contributed by atoms with van der Waals surface area (Å²) in [5.74, 6) is 0. The minimum absolute atomic E-state index is 0. The molecule has 0 aliphatic heterocycles. The minimum atomic E-state index is 0. The molecule has 18 heavy (non-hydrogen) atoms. The van der Waals surface area contributed by atoms with E-state index in [1.165, 1.54) is 5.56 Å². The molecule has 0 saturated heterocycles. The molecule has 7 heteroatoms. The monoisotopic (exact) mass is 285 g/mol. The molecule has 6 nitrogen and oxygen atoms in total. The van der Waals surface area contributed by atoms with Crippen molar-refractivity contribution in [2.75, 3.05) is 0 Å². The quantitative estimate of drug-likeness (QED) is 0.517. The molecule has 0 spiro atoms. The van der Waals surface area contributed by atoms with Crippen LogP contribution in [0.25, 0.3) is 0 Å². The minimum Gasteiger partial charge on any atom is 0 e. The molecule has 0 aromatic carbocycles. The van der Waals surface area contributed by atoms with Crippen LogP contribution in [0.3, 0.4) is 0 Å². The fourth-order valence-electron chi connectivity index (χ4n) is 0.426. The Morgan fingerprint density at radius 2 is 0.944 bits per heavy atom. The van der Waals surface area contributed by atoms with Gasteiger partial charge in [0.05, 0.1) is 0 Å². The number of hydrogen-bond acceptors (Lipinski definition) is 1. The molecule has 1 aromatic rings. The van der Waals surface area contributed by atoms with Crippen LogP contribution >= 0.6 is 0 Å². The van der Waals surface area contributed by atoms with E-state index in [4.69, 9.17) is 23.3 Å². The molecule has 1 aromatic heterocycles. The topological polar surface area (TPSA) is 112 Å². The van der Waals surface area contributed by atoms with Gasteiger partial charge in [0.15, 0.2) is 0 Å². The van der Waals surface area contributed by atoms with E-state index < -0.39 is 0 Å². The van der Waals surface area contributed by atoms with Gasteiger partial charge in [-0.25, -0.2) is 0 Å². The molecular formula is C11H7CrNO5. The summed E-state index contributed by atoms with van der Waals surface area (Å²) in [5, 5.41) is 0. The van der Waals surface area contributed by atoms with E-state index in [9.17, 15) is 0 Å². The third-order valence-electron chi connectivity index (χ3n) is 0.847. The van der Waals surface area contributed by atoms with Crippen molar-refractivity contribution in [3.05, 3.63) is 63.3 Å². The molecule has 0 aliphatic rings. The Morgan fingerprint density at radius 3 is 1.06 bits per heavy atom. The van der Waals surface area contributed by atoms with Crippen LogP contribution in [-0.2, 0) is 40.6 Å². The number of hydrogen-bond donors (Lipinski definition) is 0. The molecule has 0 atom stereocenters. The molecule has 1 rings (SSSR count). The normalized spacial score (nSPS) is 3.94. The first-order valence-electron chi connectivity index (χ1n) is 3.28. The van der Waals surface area contributed by atoms with Gasteiger partial charge in [-0.05, 0) is 24.6 Å². The summed E-state index contributed by atoms with van der Waals surface area (Å²) >= 11 is 0. The molecule has 0 saturated carbocycles. The molecule has 0 amide bonds. The molecule has 92 valence electrons. The van der Waals surface area contributed by atoms with Crippen molar-refractivity contribution in [3.63, 3.8) is 0 Å². The smallest absolute Gasteiger partial charge is 0 e.